The summed E-state index contributed by atoms with van der Waals surface area (Å²) < 4.78 is 68.7. The van der Waals surface area contributed by atoms with Crippen LogP contribution in [0.5, 0.6) is 0 Å². The molecule has 0 bridgehead atoms. The van der Waals surface area contributed by atoms with E-state index in [2.05, 4.69) is 10.6 Å². The van der Waals surface area contributed by atoms with Gasteiger partial charge in [-0.2, -0.15) is 0 Å². The van der Waals surface area contributed by atoms with Crippen LogP contribution in [0.3, 0.4) is 0 Å². The number of piperazine rings is 1. The molecule has 2 N–H and O–H groups in total. The van der Waals surface area contributed by atoms with Crippen LogP contribution in [0.4, 0.5) is 39.0 Å². The maximum atomic E-state index is 14.1. The number of amides is 1. The number of hydrogen-bond donors (Lipinski definition) is 2. The molecule has 184 valence electrons. The molecule has 0 atom stereocenters. The Bertz CT molecular complexity index is 1080. The second-order valence-corrected chi connectivity index (χ2v) is 8.97. The van der Waals surface area contributed by atoms with Gasteiger partial charge < -0.3 is 20.4 Å². The van der Waals surface area contributed by atoms with Crippen molar-refractivity contribution in [2.45, 2.75) is 20.3 Å². The molecule has 0 aliphatic carbocycles. The smallest absolute Gasteiger partial charge is 0.226 e. The first kappa shape index (κ1) is 26.0. The third-order valence-corrected chi connectivity index (χ3v) is 5.68. The first-order valence-corrected chi connectivity index (χ1v) is 11.2. The lowest BCUT2D eigenvalue weighted by Crippen LogP contribution is -2.47. The molecule has 0 saturated carbocycles. The standard InChI is InChI=1S/C22H22ClF5N4OS/c1-11(2)9-15(33)30-22(34)29-12-3-4-14(13(23)10-12)31-5-7-32(8-6-31)21-19(27)17(25)16(24)18(26)20(21)28/h3-4,10-11H,5-9H2,1-2H3,(H2,29,30,33,34). The van der Waals surface area contributed by atoms with Crippen molar-refractivity contribution < 1.29 is 26.7 Å². The molecule has 1 aliphatic heterocycles. The highest BCUT2D eigenvalue weighted by atomic mass is 35.5. The first-order valence-electron chi connectivity index (χ1n) is 10.4. The van der Waals surface area contributed by atoms with Gasteiger partial charge in [0.15, 0.2) is 28.4 Å². The van der Waals surface area contributed by atoms with E-state index in [0.29, 0.717) is 22.8 Å². The molecule has 1 fully saturated rings. The molecule has 1 heterocycles. The quantitative estimate of drug-likeness (QED) is 0.245. The third kappa shape index (κ3) is 5.69. The van der Waals surface area contributed by atoms with Crippen molar-refractivity contribution >= 4 is 51.9 Å². The minimum Gasteiger partial charge on any atom is -0.367 e. The normalized spacial score (nSPS) is 13.9. The van der Waals surface area contributed by atoms with Gasteiger partial charge in [0.05, 0.1) is 10.7 Å². The van der Waals surface area contributed by atoms with Crippen molar-refractivity contribution in [2.75, 3.05) is 41.3 Å². The van der Waals surface area contributed by atoms with E-state index in [1.807, 2.05) is 18.7 Å². The molecule has 5 nitrogen and oxygen atoms in total. The summed E-state index contributed by atoms with van der Waals surface area (Å²) >= 11 is 11.5. The van der Waals surface area contributed by atoms with Crippen LogP contribution in [0.25, 0.3) is 0 Å². The molecule has 1 amide bonds. The zero-order valence-corrected chi connectivity index (χ0v) is 19.9. The van der Waals surface area contributed by atoms with Crippen LogP contribution in [0, 0.1) is 35.0 Å². The lowest BCUT2D eigenvalue weighted by atomic mass is 10.1. The highest BCUT2D eigenvalue weighted by Crippen LogP contribution is 2.33. The zero-order chi connectivity index (χ0) is 25.2. The van der Waals surface area contributed by atoms with Crippen molar-refractivity contribution in [3.63, 3.8) is 0 Å². The molecule has 1 saturated heterocycles. The SMILES string of the molecule is CC(C)CC(=O)NC(=S)Nc1ccc(N2CCN(c3c(F)c(F)c(F)c(F)c3F)CC2)c(Cl)c1. The van der Waals surface area contributed by atoms with Gasteiger partial charge in [-0.15, -0.1) is 0 Å². The number of benzene rings is 2. The van der Waals surface area contributed by atoms with Crippen LogP contribution in [-0.2, 0) is 4.79 Å². The average Bonchev–Trinajstić information content (AvgIpc) is 2.76. The number of thiocarbonyl (C=S) groups is 1. The van der Waals surface area contributed by atoms with Gasteiger partial charge in [-0.1, -0.05) is 25.4 Å². The maximum Gasteiger partial charge on any atom is 0.226 e. The largest absolute Gasteiger partial charge is 0.367 e. The predicted molar refractivity (Wildman–Crippen MR) is 126 cm³/mol. The molecular formula is C22H22ClF5N4OS. The number of carbonyl (C=O) groups is 1. The molecule has 0 radical (unpaired) electrons. The van der Waals surface area contributed by atoms with Crippen LogP contribution in [0.2, 0.25) is 5.02 Å². The summed E-state index contributed by atoms with van der Waals surface area (Å²) in [4.78, 5) is 14.8. The molecule has 1 aliphatic rings. The Morgan fingerprint density at radius 1 is 0.971 bits per heavy atom. The Kier molecular flexibility index (Phi) is 8.19. The summed E-state index contributed by atoms with van der Waals surface area (Å²) in [5, 5.41) is 5.94. The monoisotopic (exact) mass is 520 g/mol. The van der Waals surface area contributed by atoms with E-state index in [1.54, 1.807) is 18.2 Å². The number of nitrogens with one attached hydrogen (secondary N) is 2. The van der Waals surface area contributed by atoms with Gasteiger partial charge >= 0.3 is 0 Å². The topological polar surface area (TPSA) is 47.6 Å². The number of halogens is 6. The molecule has 12 heteroatoms. The van der Waals surface area contributed by atoms with E-state index in [0.717, 1.165) is 4.90 Å². The summed E-state index contributed by atoms with van der Waals surface area (Å²) in [5.74, 6) is -9.85. The molecule has 34 heavy (non-hydrogen) atoms. The van der Waals surface area contributed by atoms with Gasteiger partial charge in [-0.05, 0) is 36.3 Å². The Morgan fingerprint density at radius 3 is 2.03 bits per heavy atom. The van der Waals surface area contributed by atoms with Crippen molar-refractivity contribution in [2.24, 2.45) is 5.92 Å². The highest BCUT2D eigenvalue weighted by molar-refractivity contribution is 7.80. The lowest BCUT2D eigenvalue weighted by molar-refractivity contribution is -0.120. The zero-order valence-electron chi connectivity index (χ0n) is 18.3. The molecule has 0 unspecified atom stereocenters. The van der Waals surface area contributed by atoms with Gasteiger partial charge in [0.2, 0.25) is 11.7 Å². The van der Waals surface area contributed by atoms with E-state index in [9.17, 15) is 26.7 Å². The van der Waals surface area contributed by atoms with Crippen molar-refractivity contribution in [3.8, 4) is 0 Å². The van der Waals surface area contributed by atoms with Gasteiger partial charge in [-0.25, -0.2) is 22.0 Å². The lowest BCUT2D eigenvalue weighted by Gasteiger charge is -2.38. The fourth-order valence-corrected chi connectivity index (χ4v) is 4.13. The fourth-order valence-electron chi connectivity index (χ4n) is 3.59. The second kappa shape index (κ2) is 10.7. The molecule has 0 spiro atoms. The molecule has 3 rings (SSSR count). The van der Waals surface area contributed by atoms with Crippen LogP contribution in [-0.4, -0.2) is 37.2 Å². The summed E-state index contributed by atoms with van der Waals surface area (Å²) in [6, 6.07) is 5.00. The number of nitrogens with zero attached hydrogens (tertiary/aromatic N) is 2. The second-order valence-electron chi connectivity index (χ2n) is 8.16. The van der Waals surface area contributed by atoms with Gasteiger partial charge in [-0.3, -0.25) is 4.79 Å². The highest BCUT2D eigenvalue weighted by Gasteiger charge is 2.31. The number of hydrogen-bond acceptors (Lipinski definition) is 4. The van der Waals surface area contributed by atoms with E-state index >= 15 is 0 Å². The van der Waals surface area contributed by atoms with E-state index in [4.69, 9.17) is 23.8 Å². The van der Waals surface area contributed by atoms with E-state index in [-0.39, 0.29) is 43.1 Å². The minimum atomic E-state index is -2.18. The summed E-state index contributed by atoms with van der Waals surface area (Å²) in [5.41, 5.74) is 0.234. The Morgan fingerprint density at radius 2 is 1.50 bits per heavy atom. The minimum absolute atomic E-state index is 0.0145. The Hall–Kier alpha value is -2.66. The number of rotatable bonds is 5. The molecule has 2 aromatic rings. The number of anilines is 3. The van der Waals surface area contributed by atoms with Crippen LogP contribution >= 0.6 is 23.8 Å². The summed E-state index contributed by atoms with van der Waals surface area (Å²) in [6.07, 6.45) is 0.332. The van der Waals surface area contributed by atoms with Crippen LogP contribution in [0.15, 0.2) is 18.2 Å². The summed E-state index contributed by atoms with van der Waals surface area (Å²) in [6.45, 7) is 4.32. The number of carbonyl (C=O) groups excluding carboxylic acids is 1. The molecular weight excluding hydrogens is 499 g/mol. The van der Waals surface area contributed by atoms with Crippen molar-refractivity contribution in [1.82, 2.24) is 5.32 Å². The third-order valence-electron chi connectivity index (χ3n) is 5.18. The Labute approximate surface area is 203 Å². The average molecular weight is 521 g/mol. The van der Waals surface area contributed by atoms with Crippen LogP contribution in [0.1, 0.15) is 20.3 Å². The van der Waals surface area contributed by atoms with Gasteiger partial charge in [0, 0.05) is 38.3 Å². The van der Waals surface area contributed by atoms with Gasteiger partial charge in [0.1, 0.15) is 5.69 Å². The molecule has 0 aromatic heterocycles. The van der Waals surface area contributed by atoms with Crippen molar-refractivity contribution in [1.29, 1.82) is 0 Å². The maximum absolute atomic E-state index is 14.1. The first-order chi connectivity index (χ1) is 16.0. The van der Waals surface area contributed by atoms with E-state index in [1.165, 1.54) is 0 Å². The predicted octanol–water partition coefficient (Wildman–Crippen LogP) is 5.22. The Balaban J connectivity index is 1.65. The molecule has 2 aromatic carbocycles. The van der Waals surface area contributed by atoms with Crippen molar-refractivity contribution in [3.05, 3.63) is 52.3 Å². The van der Waals surface area contributed by atoms with Crippen LogP contribution < -0.4 is 20.4 Å². The summed E-state index contributed by atoms with van der Waals surface area (Å²) in [7, 11) is 0. The van der Waals surface area contributed by atoms with Gasteiger partial charge in [0.25, 0.3) is 0 Å². The fraction of sp³-hybridized carbons (Fsp3) is 0.364. The van der Waals surface area contributed by atoms with E-state index < -0.39 is 34.8 Å².